The highest BCUT2D eigenvalue weighted by Crippen LogP contribution is 2.32. The summed E-state index contributed by atoms with van der Waals surface area (Å²) < 4.78 is 32.6. The zero-order valence-corrected chi connectivity index (χ0v) is 10.6. The van der Waals surface area contributed by atoms with Gasteiger partial charge in [0, 0.05) is 18.0 Å². The van der Waals surface area contributed by atoms with Gasteiger partial charge in [0.05, 0.1) is 0 Å². The van der Waals surface area contributed by atoms with E-state index in [2.05, 4.69) is 5.32 Å². The Hall–Kier alpha value is -1.76. The summed E-state index contributed by atoms with van der Waals surface area (Å²) in [5.41, 5.74) is 0.480. The van der Waals surface area contributed by atoms with E-state index in [-0.39, 0.29) is 0 Å². The van der Waals surface area contributed by atoms with Crippen LogP contribution in [0, 0.1) is 0 Å². The van der Waals surface area contributed by atoms with Gasteiger partial charge in [-0.05, 0) is 12.1 Å². The molecule has 1 aromatic carbocycles. The van der Waals surface area contributed by atoms with E-state index < -0.39 is 21.5 Å². The summed E-state index contributed by atoms with van der Waals surface area (Å²) >= 11 is 0. The van der Waals surface area contributed by atoms with E-state index >= 15 is 0 Å². The smallest absolute Gasteiger partial charge is 0.239 e. The van der Waals surface area contributed by atoms with Gasteiger partial charge >= 0.3 is 0 Å². The fraction of sp³-hybridized carbons (Fsp3) is 0.364. The number of benzene rings is 1. The molecule has 0 spiro atoms. The number of hydrogen-bond donors (Lipinski definition) is 1. The Labute approximate surface area is 105 Å². The van der Waals surface area contributed by atoms with Crippen molar-refractivity contribution in [3.8, 4) is 11.5 Å². The fourth-order valence-corrected chi connectivity index (χ4v) is 2.10. The molecule has 18 heavy (non-hydrogen) atoms. The van der Waals surface area contributed by atoms with E-state index in [1.165, 1.54) is 0 Å². The van der Waals surface area contributed by atoms with Crippen molar-refractivity contribution in [2.45, 2.75) is 0 Å². The molecule has 1 N–H and O–H groups in total. The van der Waals surface area contributed by atoms with Crippen LogP contribution in [-0.4, -0.2) is 39.5 Å². The minimum Gasteiger partial charge on any atom is -0.486 e. The molecule has 0 aromatic heterocycles. The van der Waals surface area contributed by atoms with E-state index in [9.17, 15) is 13.2 Å². The van der Waals surface area contributed by atoms with Gasteiger partial charge < -0.3 is 14.8 Å². The average Bonchev–Trinajstić information content (AvgIpc) is 2.26. The van der Waals surface area contributed by atoms with Gasteiger partial charge in [0.1, 0.15) is 19.0 Å². The second-order valence-electron chi connectivity index (χ2n) is 3.98. The molecule has 1 heterocycles. The molecule has 98 valence electrons. The molecule has 1 aromatic rings. The van der Waals surface area contributed by atoms with Crippen molar-refractivity contribution in [3.05, 3.63) is 18.2 Å². The fourth-order valence-electron chi connectivity index (χ4n) is 1.56. The number of hydrogen-bond acceptors (Lipinski definition) is 5. The maximum Gasteiger partial charge on any atom is 0.239 e. The zero-order valence-electron chi connectivity index (χ0n) is 9.80. The Kier molecular flexibility index (Phi) is 3.42. The second kappa shape index (κ2) is 4.85. The lowest BCUT2D eigenvalue weighted by molar-refractivity contribution is -0.113. The summed E-state index contributed by atoms with van der Waals surface area (Å²) in [5, 5.41) is 2.49. The molecule has 1 amide bonds. The van der Waals surface area contributed by atoms with Gasteiger partial charge in [-0.3, -0.25) is 4.79 Å². The highest BCUT2D eigenvalue weighted by molar-refractivity contribution is 7.91. The minimum atomic E-state index is -3.33. The predicted octanol–water partition coefficient (Wildman–Crippen LogP) is 0.441. The quantitative estimate of drug-likeness (QED) is 0.862. The minimum absolute atomic E-state index is 0.452. The van der Waals surface area contributed by atoms with Crippen LogP contribution in [0.3, 0.4) is 0 Å². The molecule has 1 aliphatic heterocycles. The molecule has 1 aliphatic rings. The van der Waals surface area contributed by atoms with Gasteiger partial charge in [-0.25, -0.2) is 8.42 Å². The number of ether oxygens (including phenoxy) is 2. The Morgan fingerprint density at radius 1 is 1.28 bits per heavy atom. The highest BCUT2D eigenvalue weighted by Gasteiger charge is 2.14. The van der Waals surface area contributed by atoms with Gasteiger partial charge in [-0.1, -0.05) is 0 Å². The van der Waals surface area contributed by atoms with Gasteiger partial charge in [-0.2, -0.15) is 0 Å². The van der Waals surface area contributed by atoms with Crippen LogP contribution < -0.4 is 14.8 Å². The third kappa shape index (κ3) is 3.36. The Balaban J connectivity index is 2.08. The van der Waals surface area contributed by atoms with Crippen LogP contribution in [0.5, 0.6) is 11.5 Å². The summed E-state index contributed by atoms with van der Waals surface area (Å²) in [6, 6.07) is 4.91. The van der Waals surface area contributed by atoms with Crippen LogP contribution >= 0.6 is 0 Å². The number of anilines is 1. The maximum atomic E-state index is 11.4. The highest BCUT2D eigenvalue weighted by atomic mass is 32.2. The van der Waals surface area contributed by atoms with Crippen LogP contribution in [0.4, 0.5) is 5.69 Å². The summed E-state index contributed by atoms with van der Waals surface area (Å²) in [4.78, 5) is 11.4. The summed E-state index contributed by atoms with van der Waals surface area (Å²) in [5.74, 6) is 0.0384. The Morgan fingerprint density at radius 2 is 1.94 bits per heavy atom. The average molecular weight is 271 g/mol. The first-order chi connectivity index (χ1) is 8.44. The van der Waals surface area contributed by atoms with Crippen LogP contribution in [0.1, 0.15) is 0 Å². The monoisotopic (exact) mass is 271 g/mol. The Morgan fingerprint density at radius 3 is 2.61 bits per heavy atom. The van der Waals surface area contributed by atoms with E-state index in [4.69, 9.17) is 9.47 Å². The van der Waals surface area contributed by atoms with Crippen LogP contribution in [-0.2, 0) is 14.6 Å². The number of nitrogens with one attached hydrogen (secondary N) is 1. The number of rotatable bonds is 3. The molecule has 6 nitrogen and oxygen atoms in total. The molecule has 0 saturated carbocycles. The Bertz CT molecular complexity index is 567. The van der Waals surface area contributed by atoms with E-state index in [1.807, 2.05) is 0 Å². The molecule has 0 aliphatic carbocycles. The predicted molar refractivity (Wildman–Crippen MR) is 65.8 cm³/mol. The van der Waals surface area contributed by atoms with E-state index in [1.54, 1.807) is 18.2 Å². The molecule has 2 rings (SSSR count). The van der Waals surface area contributed by atoms with Crippen LogP contribution in [0.15, 0.2) is 18.2 Å². The number of fused-ring (bicyclic) bond motifs is 1. The van der Waals surface area contributed by atoms with E-state index in [0.717, 1.165) is 6.26 Å². The first-order valence-corrected chi connectivity index (χ1v) is 7.37. The summed E-state index contributed by atoms with van der Waals surface area (Å²) in [6.07, 6.45) is 1.01. The number of sulfone groups is 1. The molecular formula is C11H13NO5S. The summed E-state index contributed by atoms with van der Waals surface area (Å²) in [7, 11) is -3.33. The maximum absolute atomic E-state index is 11.4. The van der Waals surface area contributed by atoms with Crippen molar-refractivity contribution in [1.29, 1.82) is 0 Å². The first kappa shape index (κ1) is 12.7. The van der Waals surface area contributed by atoms with Crippen molar-refractivity contribution in [2.75, 3.05) is 30.5 Å². The molecule has 0 atom stereocenters. The van der Waals surface area contributed by atoms with Gasteiger partial charge in [0.15, 0.2) is 21.3 Å². The lowest BCUT2D eigenvalue weighted by Crippen LogP contribution is -2.22. The molecule has 0 fully saturated rings. The molecule has 0 unspecified atom stereocenters. The summed E-state index contributed by atoms with van der Waals surface area (Å²) in [6.45, 7) is 0.945. The molecule has 0 saturated heterocycles. The van der Waals surface area contributed by atoms with Gasteiger partial charge in [0.2, 0.25) is 5.91 Å². The topological polar surface area (TPSA) is 81.7 Å². The lowest BCUT2D eigenvalue weighted by atomic mass is 10.2. The van der Waals surface area contributed by atoms with Gasteiger partial charge in [-0.15, -0.1) is 0 Å². The molecule has 0 radical (unpaired) electrons. The van der Waals surface area contributed by atoms with Crippen molar-refractivity contribution in [2.24, 2.45) is 0 Å². The SMILES string of the molecule is CS(=O)(=O)CC(=O)Nc1ccc2c(c1)OCCO2. The molecule has 7 heteroatoms. The van der Waals surface area contributed by atoms with E-state index in [0.29, 0.717) is 30.4 Å². The zero-order chi connectivity index (χ0) is 13.2. The third-order valence-corrected chi connectivity index (χ3v) is 3.01. The van der Waals surface area contributed by atoms with Crippen molar-refractivity contribution in [1.82, 2.24) is 0 Å². The first-order valence-electron chi connectivity index (χ1n) is 5.31. The largest absolute Gasteiger partial charge is 0.486 e. The standard InChI is InChI=1S/C11H13NO5S/c1-18(14,15)7-11(13)12-8-2-3-9-10(6-8)17-5-4-16-9/h2-3,6H,4-5,7H2,1H3,(H,12,13). The number of amides is 1. The van der Waals surface area contributed by atoms with Crippen LogP contribution in [0.2, 0.25) is 0 Å². The third-order valence-electron chi connectivity index (χ3n) is 2.22. The van der Waals surface area contributed by atoms with Crippen LogP contribution in [0.25, 0.3) is 0 Å². The number of carbonyl (C=O) groups is 1. The molecular weight excluding hydrogens is 258 g/mol. The van der Waals surface area contributed by atoms with Crippen molar-refractivity contribution < 1.29 is 22.7 Å². The number of carbonyl (C=O) groups excluding carboxylic acids is 1. The normalized spacial score (nSPS) is 14.1. The van der Waals surface area contributed by atoms with Crippen molar-refractivity contribution >= 4 is 21.4 Å². The van der Waals surface area contributed by atoms with Crippen molar-refractivity contribution in [3.63, 3.8) is 0 Å². The van der Waals surface area contributed by atoms with Gasteiger partial charge in [0.25, 0.3) is 0 Å². The lowest BCUT2D eigenvalue weighted by Gasteiger charge is -2.18. The second-order valence-corrected chi connectivity index (χ2v) is 6.12. The molecule has 0 bridgehead atoms.